The van der Waals surface area contributed by atoms with Gasteiger partial charge in [0.15, 0.2) is 0 Å². The lowest BCUT2D eigenvalue weighted by atomic mass is 9.62. The molecule has 0 aliphatic carbocycles. The number of carbonyl (C=O) groups is 1. The van der Waals surface area contributed by atoms with E-state index < -0.39 is 5.60 Å². The molecule has 0 unspecified atom stereocenters. The van der Waals surface area contributed by atoms with E-state index in [9.17, 15) is 9.90 Å². The maximum absolute atomic E-state index is 12.5. The molecule has 0 radical (unpaired) electrons. The van der Waals surface area contributed by atoms with E-state index in [1.165, 1.54) is 5.56 Å². The fourth-order valence-corrected chi connectivity index (χ4v) is 6.22. The highest BCUT2D eigenvalue weighted by Gasteiger charge is 2.55. The summed E-state index contributed by atoms with van der Waals surface area (Å²) in [6, 6.07) is 10.3. The number of nitrogens with zero attached hydrogens (tertiary/aromatic N) is 5. The Labute approximate surface area is 225 Å². The molecule has 2 aliphatic heterocycles. The molecule has 5 rings (SSSR count). The normalized spacial score (nSPS) is 20.7. The number of hydrogen-bond donors (Lipinski definition) is 1. The topological polar surface area (TPSA) is 95.6 Å². The van der Waals surface area contributed by atoms with Crippen LogP contribution in [0.5, 0.6) is 0 Å². The summed E-state index contributed by atoms with van der Waals surface area (Å²) in [6.45, 7) is 13.1. The van der Waals surface area contributed by atoms with Gasteiger partial charge >= 0.3 is 0 Å². The standard InChI is InChI=1S/C30H39N5O3/c1-20(2)22-7-9-24(10-8-22)30(37,29(5)18-34(6)19-29)25-15-23(16-31-17-25)26-32-27(38-33-26)28(4)11-13-35(14-12-28)21(3)36/h7-10,15-17,20,37H,11-14,18-19H2,1-6H3/t30-/m0/s1. The molecule has 3 aromatic rings. The van der Waals surface area contributed by atoms with Gasteiger partial charge in [-0.1, -0.05) is 57.1 Å². The van der Waals surface area contributed by atoms with E-state index >= 15 is 0 Å². The third kappa shape index (κ3) is 4.43. The molecule has 2 fully saturated rings. The van der Waals surface area contributed by atoms with Gasteiger partial charge < -0.3 is 19.4 Å². The number of benzene rings is 1. The van der Waals surface area contributed by atoms with Crippen molar-refractivity contribution < 1.29 is 14.4 Å². The second-order valence-corrected chi connectivity index (χ2v) is 12.2. The van der Waals surface area contributed by atoms with Gasteiger partial charge in [0.05, 0.1) is 5.41 Å². The highest BCUT2D eigenvalue weighted by Crippen LogP contribution is 2.50. The average molecular weight is 518 g/mol. The molecular formula is C30H39N5O3. The summed E-state index contributed by atoms with van der Waals surface area (Å²) >= 11 is 0. The number of pyridine rings is 1. The molecule has 1 atom stereocenters. The smallest absolute Gasteiger partial charge is 0.233 e. The maximum atomic E-state index is 12.5. The quantitative estimate of drug-likeness (QED) is 0.520. The van der Waals surface area contributed by atoms with Crippen LogP contribution in [0.1, 0.15) is 76.0 Å². The van der Waals surface area contributed by atoms with E-state index in [0.717, 1.165) is 37.1 Å². The molecule has 8 nitrogen and oxygen atoms in total. The lowest BCUT2D eigenvalue weighted by Gasteiger charge is -2.55. The number of hydrogen-bond acceptors (Lipinski definition) is 7. The van der Waals surface area contributed by atoms with Crippen LogP contribution in [0.3, 0.4) is 0 Å². The van der Waals surface area contributed by atoms with Crippen LogP contribution in [0, 0.1) is 5.41 Å². The zero-order chi connectivity index (χ0) is 27.3. The first kappa shape index (κ1) is 26.5. The molecule has 0 saturated carbocycles. The molecule has 2 aliphatic rings. The summed E-state index contributed by atoms with van der Waals surface area (Å²) in [6.07, 6.45) is 5.01. The largest absolute Gasteiger partial charge is 0.380 e. The molecule has 1 N–H and O–H groups in total. The van der Waals surface area contributed by atoms with Crippen molar-refractivity contribution in [2.24, 2.45) is 5.41 Å². The van der Waals surface area contributed by atoms with Gasteiger partial charge in [0.25, 0.3) is 0 Å². The Morgan fingerprint density at radius 1 is 1.08 bits per heavy atom. The Bertz CT molecular complexity index is 1300. The van der Waals surface area contributed by atoms with Gasteiger partial charge in [0, 0.05) is 62.0 Å². The summed E-state index contributed by atoms with van der Waals surface area (Å²) in [5, 5.41) is 16.8. The molecule has 38 heavy (non-hydrogen) atoms. The van der Waals surface area contributed by atoms with Gasteiger partial charge in [0.1, 0.15) is 5.60 Å². The van der Waals surface area contributed by atoms with Gasteiger partial charge in [-0.3, -0.25) is 9.78 Å². The first-order valence-corrected chi connectivity index (χ1v) is 13.5. The second kappa shape index (κ2) is 9.58. The van der Waals surface area contributed by atoms with E-state index in [2.05, 4.69) is 61.9 Å². The lowest BCUT2D eigenvalue weighted by Crippen LogP contribution is -2.63. The van der Waals surface area contributed by atoms with E-state index in [1.54, 1.807) is 19.3 Å². The van der Waals surface area contributed by atoms with Crippen LogP contribution in [-0.2, 0) is 15.8 Å². The minimum absolute atomic E-state index is 0.0962. The van der Waals surface area contributed by atoms with Crippen molar-refractivity contribution in [1.82, 2.24) is 24.9 Å². The summed E-state index contributed by atoms with van der Waals surface area (Å²) < 4.78 is 5.76. The van der Waals surface area contributed by atoms with Crippen molar-refractivity contribution in [3.63, 3.8) is 0 Å². The van der Waals surface area contributed by atoms with Crippen molar-refractivity contribution in [3.8, 4) is 11.4 Å². The van der Waals surface area contributed by atoms with Gasteiger partial charge in [-0.05, 0) is 43.0 Å². The predicted octanol–water partition coefficient (Wildman–Crippen LogP) is 4.34. The van der Waals surface area contributed by atoms with Crippen LogP contribution in [0.2, 0.25) is 0 Å². The summed E-state index contributed by atoms with van der Waals surface area (Å²) in [7, 11) is 2.07. The average Bonchev–Trinajstić information content (AvgIpc) is 3.39. The molecule has 2 saturated heterocycles. The molecule has 0 bridgehead atoms. The Hall–Kier alpha value is -3.10. The fraction of sp³-hybridized carbons (Fsp3) is 0.533. The third-order valence-corrected chi connectivity index (χ3v) is 8.78. The summed E-state index contributed by atoms with van der Waals surface area (Å²) in [5.41, 5.74) is 1.60. The van der Waals surface area contributed by atoms with Gasteiger partial charge in [-0.15, -0.1) is 0 Å². The number of carbonyl (C=O) groups excluding carboxylic acids is 1. The zero-order valence-corrected chi connectivity index (χ0v) is 23.4. The van der Waals surface area contributed by atoms with Crippen LogP contribution in [0.15, 0.2) is 47.2 Å². The van der Waals surface area contributed by atoms with Crippen molar-refractivity contribution in [2.45, 2.75) is 64.4 Å². The SMILES string of the molecule is CC(=O)N1CCC(C)(c2nc(-c3cncc([C@@](O)(c4ccc(C(C)C)cc4)C4(C)CN(C)C4)c3)no2)CC1. The monoisotopic (exact) mass is 517 g/mol. The Morgan fingerprint density at radius 2 is 1.74 bits per heavy atom. The molecule has 8 heteroatoms. The van der Waals surface area contributed by atoms with Gasteiger partial charge in [-0.25, -0.2) is 0 Å². The zero-order valence-electron chi connectivity index (χ0n) is 23.4. The molecule has 1 amide bonds. The highest BCUT2D eigenvalue weighted by molar-refractivity contribution is 5.73. The third-order valence-electron chi connectivity index (χ3n) is 8.78. The number of aromatic nitrogens is 3. The first-order chi connectivity index (χ1) is 17.9. The van der Waals surface area contributed by atoms with E-state index in [4.69, 9.17) is 9.51 Å². The summed E-state index contributed by atoms with van der Waals surface area (Å²) in [5.74, 6) is 1.54. The second-order valence-electron chi connectivity index (χ2n) is 12.2. The Kier molecular flexibility index (Phi) is 6.68. The molecular weight excluding hydrogens is 478 g/mol. The molecule has 0 spiro atoms. The molecule has 1 aromatic carbocycles. The number of aliphatic hydroxyl groups is 1. The minimum atomic E-state index is -1.24. The van der Waals surface area contributed by atoms with Crippen LogP contribution in [0.25, 0.3) is 11.4 Å². The Balaban J connectivity index is 1.49. The number of rotatable bonds is 6. The van der Waals surface area contributed by atoms with Crippen molar-refractivity contribution in [1.29, 1.82) is 0 Å². The first-order valence-electron chi connectivity index (χ1n) is 13.5. The summed E-state index contributed by atoms with van der Waals surface area (Å²) in [4.78, 5) is 25.1. The van der Waals surface area contributed by atoms with Crippen molar-refractivity contribution in [3.05, 3.63) is 65.3 Å². The van der Waals surface area contributed by atoms with Gasteiger partial charge in [0.2, 0.25) is 17.6 Å². The molecule has 202 valence electrons. The van der Waals surface area contributed by atoms with Gasteiger partial charge in [-0.2, -0.15) is 4.98 Å². The number of likely N-dealkylation sites (tertiary alicyclic amines) is 2. The van der Waals surface area contributed by atoms with E-state index in [-0.39, 0.29) is 16.7 Å². The number of amides is 1. The minimum Gasteiger partial charge on any atom is -0.380 e. The van der Waals surface area contributed by atoms with E-state index in [0.29, 0.717) is 36.3 Å². The predicted molar refractivity (Wildman–Crippen MR) is 146 cm³/mol. The number of piperidine rings is 1. The van der Waals surface area contributed by atoms with Crippen LogP contribution < -0.4 is 0 Å². The molecule has 4 heterocycles. The molecule has 2 aromatic heterocycles. The van der Waals surface area contributed by atoms with Crippen molar-refractivity contribution >= 4 is 5.91 Å². The van der Waals surface area contributed by atoms with E-state index in [1.807, 2.05) is 23.1 Å². The maximum Gasteiger partial charge on any atom is 0.233 e. The van der Waals surface area contributed by atoms with Crippen LogP contribution >= 0.6 is 0 Å². The fourth-order valence-electron chi connectivity index (χ4n) is 6.22. The lowest BCUT2D eigenvalue weighted by molar-refractivity contribution is -0.130. The highest BCUT2D eigenvalue weighted by atomic mass is 16.5. The van der Waals surface area contributed by atoms with Crippen LogP contribution in [0.4, 0.5) is 0 Å². The van der Waals surface area contributed by atoms with Crippen molar-refractivity contribution in [2.75, 3.05) is 33.2 Å². The van der Waals surface area contributed by atoms with Crippen LogP contribution in [-0.4, -0.2) is 69.2 Å². The Morgan fingerprint density at radius 3 is 2.32 bits per heavy atom.